The van der Waals surface area contributed by atoms with Gasteiger partial charge in [-0.25, -0.2) is 0 Å². The number of nitro groups is 1. The molecule has 0 aliphatic carbocycles. The minimum atomic E-state index is -0.440. The number of hydrogen-bond acceptors (Lipinski definition) is 4. The number of carbonyl (C=O) groups excluding carboxylic acids is 1. The van der Waals surface area contributed by atoms with Crippen LogP contribution >= 0.6 is 11.3 Å². The maximum atomic E-state index is 12.7. The number of nitrogens with zero attached hydrogens (tertiary/aromatic N) is 1. The molecule has 0 bridgehead atoms. The van der Waals surface area contributed by atoms with Gasteiger partial charge in [0.25, 0.3) is 11.6 Å². The Bertz CT molecular complexity index is 906. The maximum absolute atomic E-state index is 12.7. The molecule has 5 nitrogen and oxygen atoms in total. The second kappa shape index (κ2) is 7.27. The summed E-state index contributed by atoms with van der Waals surface area (Å²) in [6, 6.07) is 17.6. The molecule has 2 aromatic carbocycles. The molecule has 1 amide bonds. The molecule has 6 heteroatoms. The number of carbonyl (C=O) groups is 1. The quantitative estimate of drug-likeness (QED) is 0.529. The molecule has 1 heterocycles. The molecule has 25 heavy (non-hydrogen) atoms. The Labute approximate surface area is 149 Å². The molecule has 0 radical (unpaired) electrons. The smallest absolute Gasteiger partial charge is 0.269 e. The molecule has 1 unspecified atom stereocenters. The van der Waals surface area contributed by atoms with Gasteiger partial charge in [-0.2, -0.15) is 0 Å². The van der Waals surface area contributed by atoms with E-state index in [9.17, 15) is 14.9 Å². The highest BCUT2D eigenvalue weighted by Crippen LogP contribution is 2.29. The second-order valence-electron chi connectivity index (χ2n) is 5.58. The van der Waals surface area contributed by atoms with Crippen LogP contribution in [0.15, 0.2) is 66.0 Å². The molecule has 0 fully saturated rings. The van der Waals surface area contributed by atoms with Gasteiger partial charge >= 0.3 is 0 Å². The average Bonchev–Trinajstić information content (AvgIpc) is 3.12. The summed E-state index contributed by atoms with van der Waals surface area (Å²) in [5, 5.41) is 15.7. The summed E-state index contributed by atoms with van der Waals surface area (Å²) in [5.74, 6) is -0.187. The van der Waals surface area contributed by atoms with E-state index < -0.39 is 4.92 Å². The van der Waals surface area contributed by atoms with E-state index in [0.717, 1.165) is 11.1 Å². The highest BCUT2D eigenvalue weighted by molar-refractivity contribution is 7.12. The summed E-state index contributed by atoms with van der Waals surface area (Å²) in [6.45, 7) is 1.81. The van der Waals surface area contributed by atoms with Crippen LogP contribution in [0.4, 0.5) is 5.69 Å². The number of thiophene rings is 1. The van der Waals surface area contributed by atoms with Crippen LogP contribution in [0.3, 0.4) is 0 Å². The third-order valence-corrected chi connectivity index (χ3v) is 4.80. The first-order chi connectivity index (χ1) is 12.1. The summed E-state index contributed by atoms with van der Waals surface area (Å²) in [5.41, 5.74) is 2.58. The number of rotatable bonds is 5. The summed E-state index contributed by atoms with van der Waals surface area (Å²) in [6.07, 6.45) is 0. The van der Waals surface area contributed by atoms with E-state index in [-0.39, 0.29) is 17.6 Å². The standard InChI is InChI=1S/C19H16N2O3S/c1-13(15-8-5-9-16(12-15)21(23)24)20-19(22)18-17(10-11-25-18)14-6-3-2-4-7-14/h2-13H,1H3,(H,20,22). The molecular formula is C19H16N2O3S. The molecule has 1 aromatic heterocycles. The lowest BCUT2D eigenvalue weighted by atomic mass is 10.1. The van der Waals surface area contributed by atoms with E-state index in [2.05, 4.69) is 5.32 Å². The predicted octanol–water partition coefficient (Wildman–Crippen LogP) is 4.81. The molecule has 3 aromatic rings. The first-order valence-electron chi connectivity index (χ1n) is 7.74. The molecule has 0 aliphatic heterocycles. The third-order valence-electron chi connectivity index (χ3n) is 3.88. The first-order valence-corrected chi connectivity index (χ1v) is 8.62. The molecular weight excluding hydrogens is 336 g/mol. The first kappa shape index (κ1) is 16.9. The van der Waals surface area contributed by atoms with Gasteiger partial charge in [0.2, 0.25) is 0 Å². The highest BCUT2D eigenvalue weighted by atomic mass is 32.1. The van der Waals surface area contributed by atoms with Crippen molar-refractivity contribution in [2.24, 2.45) is 0 Å². The van der Waals surface area contributed by atoms with Crippen LogP contribution in [-0.4, -0.2) is 10.8 Å². The largest absolute Gasteiger partial charge is 0.345 e. The van der Waals surface area contributed by atoms with E-state index in [0.29, 0.717) is 10.4 Å². The minimum Gasteiger partial charge on any atom is -0.345 e. The van der Waals surface area contributed by atoms with Gasteiger partial charge in [-0.15, -0.1) is 11.3 Å². The van der Waals surface area contributed by atoms with Gasteiger partial charge in [0.1, 0.15) is 0 Å². The van der Waals surface area contributed by atoms with Crippen molar-refractivity contribution in [2.75, 3.05) is 0 Å². The van der Waals surface area contributed by atoms with E-state index in [1.54, 1.807) is 12.1 Å². The van der Waals surface area contributed by atoms with Crippen molar-refractivity contribution < 1.29 is 9.72 Å². The molecule has 1 N–H and O–H groups in total. The number of hydrogen-bond donors (Lipinski definition) is 1. The molecule has 3 rings (SSSR count). The van der Waals surface area contributed by atoms with Crippen molar-refractivity contribution in [3.8, 4) is 11.1 Å². The zero-order valence-corrected chi connectivity index (χ0v) is 14.3. The SMILES string of the molecule is CC(NC(=O)c1sccc1-c1ccccc1)c1cccc([N+](=O)[O-])c1. The zero-order chi connectivity index (χ0) is 17.8. The van der Waals surface area contributed by atoms with Gasteiger partial charge in [-0.1, -0.05) is 42.5 Å². The Morgan fingerprint density at radius 1 is 1.12 bits per heavy atom. The van der Waals surface area contributed by atoms with E-state index in [1.807, 2.05) is 48.7 Å². The molecule has 0 saturated carbocycles. The van der Waals surface area contributed by atoms with Gasteiger partial charge in [0.05, 0.1) is 15.8 Å². The van der Waals surface area contributed by atoms with Gasteiger partial charge in [-0.05, 0) is 29.5 Å². The van der Waals surface area contributed by atoms with Crippen LogP contribution in [-0.2, 0) is 0 Å². The summed E-state index contributed by atoms with van der Waals surface area (Å²) in [7, 11) is 0. The average molecular weight is 352 g/mol. The molecule has 0 saturated heterocycles. The van der Waals surface area contributed by atoms with Gasteiger partial charge in [0.15, 0.2) is 0 Å². The van der Waals surface area contributed by atoms with Crippen molar-refractivity contribution in [1.29, 1.82) is 0 Å². The van der Waals surface area contributed by atoms with Crippen molar-refractivity contribution >= 4 is 22.9 Å². The fourth-order valence-electron chi connectivity index (χ4n) is 2.58. The summed E-state index contributed by atoms with van der Waals surface area (Å²) >= 11 is 1.38. The Morgan fingerprint density at radius 2 is 1.88 bits per heavy atom. The topological polar surface area (TPSA) is 72.2 Å². The van der Waals surface area contributed by atoms with Gasteiger partial charge in [-0.3, -0.25) is 14.9 Å². The lowest BCUT2D eigenvalue weighted by Gasteiger charge is -2.14. The van der Waals surface area contributed by atoms with Crippen molar-refractivity contribution in [2.45, 2.75) is 13.0 Å². The van der Waals surface area contributed by atoms with Crippen LogP contribution in [0.1, 0.15) is 28.2 Å². The van der Waals surface area contributed by atoms with E-state index in [1.165, 1.54) is 23.5 Å². The Morgan fingerprint density at radius 3 is 2.60 bits per heavy atom. The Balaban J connectivity index is 1.80. The second-order valence-corrected chi connectivity index (χ2v) is 6.49. The number of amides is 1. The van der Waals surface area contributed by atoms with Crippen LogP contribution in [0, 0.1) is 10.1 Å². The van der Waals surface area contributed by atoms with Crippen LogP contribution in [0.2, 0.25) is 0 Å². The lowest BCUT2D eigenvalue weighted by Crippen LogP contribution is -2.26. The fraction of sp³-hybridized carbons (Fsp3) is 0.105. The lowest BCUT2D eigenvalue weighted by molar-refractivity contribution is -0.384. The summed E-state index contributed by atoms with van der Waals surface area (Å²) in [4.78, 5) is 23.8. The van der Waals surface area contributed by atoms with Crippen LogP contribution in [0.5, 0.6) is 0 Å². The van der Waals surface area contributed by atoms with Crippen LogP contribution < -0.4 is 5.32 Å². The van der Waals surface area contributed by atoms with E-state index >= 15 is 0 Å². The monoisotopic (exact) mass is 352 g/mol. The van der Waals surface area contributed by atoms with Crippen molar-refractivity contribution in [3.05, 3.63) is 86.6 Å². The number of non-ortho nitro benzene ring substituents is 1. The number of benzene rings is 2. The van der Waals surface area contributed by atoms with Gasteiger partial charge < -0.3 is 5.32 Å². The summed E-state index contributed by atoms with van der Waals surface area (Å²) < 4.78 is 0. The van der Waals surface area contributed by atoms with Crippen molar-refractivity contribution in [1.82, 2.24) is 5.32 Å². The van der Waals surface area contributed by atoms with Gasteiger partial charge in [0, 0.05) is 17.7 Å². The van der Waals surface area contributed by atoms with E-state index in [4.69, 9.17) is 0 Å². The maximum Gasteiger partial charge on any atom is 0.269 e. The fourth-order valence-corrected chi connectivity index (χ4v) is 3.40. The molecule has 1 atom stereocenters. The minimum absolute atomic E-state index is 0.0136. The third kappa shape index (κ3) is 3.75. The Kier molecular flexibility index (Phi) is 4.90. The zero-order valence-electron chi connectivity index (χ0n) is 13.5. The normalized spacial score (nSPS) is 11.7. The van der Waals surface area contributed by atoms with Crippen molar-refractivity contribution in [3.63, 3.8) is 0 Å². The molecule has 0 spiro atoms. The highest BCUT2D eigenvalue weighted by Gasteiger charge is 2.18. The van der Waals surface area contributed by atoms with Crippen LogP contribution in [0.25, 0.3) is 11.1 Å². The molecule has 126 valence electrons. The Hall–Kier alpha value is -2.99. The predicted molar refractivity (Wildman–Crippen MR) is 98.7 cm³/mol. The molecule has 0 aliphatic rings. The number of nitro benzene ring substituents is 1. The number of nitrogens with one attached hydrogen (secondary N) is 1.